The highest BCUT2D eigenvalue weighted by atomic mass is 79.9. The molecule has 0 bridgehead atoms. The quantitative estimate of drug-likeness (QED) is 0.476. The minimum absolute atomic E-state index is 0.230. The molecule has 0 radical (unpaired) electrons. The molecule has 2 aromatic rings. The highest BCUT2D eigenvalue weighted by Gasteiger charge is 2.27. The van der Waals surface area contributed by atoms with Crippen LogP contribution in [0.4, 0.5) is 4.39 Å². The van der Waals surface area contributed by atoms with Crippen LogP contribution in [0.15, 0.2) is 35.3 Å². The number of halogens is 2. The minimum Gasteiger partial charge on any atom is -0.351 e. The molecule has 0 spiro atoms. The molecule has 26 heavy (non-hydrogen) atoms. The molecule has 138 valence electrons. The number of hydrogen-bond acceptors (Lipinski definition) is 5. The second-order valence-electron chi connectivity index (χ2n) is 6.22. The van der Waals surface area contributed by atoms with Gasteiger partial charge in [0.05, 0.1) is 10.5 Å². The van der Waals surface area contributed by atoms with E-state index >= 15 is 0 Å². The molecule has 7 nitrogen and oxygen atoms in total. The number of amides is 1. The van der Waals surface area contributed by atoms with Crippen LogP contribution in [0.1, 0.15) is 30.3 Å². The Hall–Kier alpha value is -2.13. The summed E-state index contributed by atoms with van der Waals surface area (Å²) >= 11 is 3.23. The Morgan fingerprint density at radius 2 is 2.27 bits per heavy atom. The van der Waals surface area contributed by atoms with Gasteiger partial charge in [0.25, 0.3) is 0 Å². The third kappa shape index (κ3) is 4.73. The lowest BCUT2D eigenvalue weighted by Gasteiger charge is -2.19. The molecular formula is C17H20BrFN6O. The molecule has 0 aliphatic heterocycles. The molecule has 1 aromatic heterocycles. The van der Waals surface area contributed by atoms with E-state index < -0.39 is 0 Å². The van der Waals surface area contributed by atoms with Crippen LogP contribution in [0.2, 0.25) is 0 Å². The molecule has 3 rings (SSSR count). The standard InChI is InChI=1S/C17H20BrFN6O/c1-2-15(26)20-7-8-21-16(12-5-6-14(19)13(18)9-12)17-22-23-24-25(17)10-11-3-4-11/h2,5-6,9,11,16,21H,1,3-4,7-8,10H2,(H,20,26). The molecule has 1 fully saturated rings. The maximum absolute atomic E-state index is 13.6. The number of carbonyl (C=O) groups is 1. The summed E-state index contributed by atoms with van der Waals surface area (Å²) in [7, 11) is 0. The van der Waals surface area contributed by atoms with Gasteiger partial charge < -0.3 is 10.6 Å². The average molecular weight is 423 g/mol. The number of rotatable bonds is 9. The Morgan fingerprint density at radius 3 is 2.96 bits per heavy atom. The topological polar surface area (TPSA) is 84.7 Å². The molecule has 1 atom stereocenters. The van der Waals surface area contributed by atoms with Crippen LogP contribution in [-0.2, 0) is 11.3 Å². The van der Waals surface area contributed by atoms with Crippen molar-refractivity contribution in [3.63, 3.8) is 0 Å². The zero-order valence-corrected chi connectivity index (χ0v) is 15.7. The van der Waals surface area contributed by atoms with Gasteiger partial charge in [-0.15, -0.1) is 5.10 Å². The number of aromatic nitrogens is 4. The fourth-order valence-electron chi connectivity index (χ4n) is 2.62. The minimum atomic E-state index is -0.330. The SMILES string of the molecule is C=CC(=O)NCCNC(c1ccc(F)c(Br)c1)c1nnnn1CC1CC1. The van der Waals surface area contributed by atoms with Gasteiger partial charge in [-0.05, 0) is 68.9 Å². The van der Waals surface area contributed by atoms with Gasteiger partial charge in [0.1, 0.15) is 5.82 Å². The van der Waals surface area contributed by atoms with Crippen molar-refractivity contribution in [2.24, 2.45) is 5.92 Å². The van der Waals surface area contributed by atoms with E-state index in [2.05, 4.69) is 48.7 Å². The van der Waals surface area contributed by atoms with Crippen molar-refractivity contribution in [2.45, 2.75) is 25.4 Å². The highest BCUT2D eigenvalue weighted by molar-refractivity contribution is 9.10. The van der Waals surface area contributed by atoms with Gasteiger partial charge in [0.2, 0.25) is 5.91 Å². The van der Waals surface area contributed by atoms with Crippen LogP contribution in [0, 0.1) is 11.7 Å². The maximum atomic E-state index is 13.6. The van der Waals surface area contributed by atoms with Crippen molar-refractivity contribution in [3.05, 3.63) is 52.5 Å². The summed E-state index contributed by atoms with van der Waals surface area (Å²) in [6.07, 6.45) is 3.60. The molecular weight excluding hydrogens is 403 g/mol. The zero-order chi connectivity index (χ0) is 18.5. The summed E-state index contributed by atoms with van der Waals surface area (Å²) in [6, 6.07) is 4.51. The number of tetrazole rings is 1. The van der Waals surface area contributed by atoms with Crippen molar-refractivity contribution in [1.82, 2.24) is 30.8 Å². The van der Waals surface area contributed by atoms with Crippen LogP contribution < -0.4 is 10.6 Å². The van der Waals surface area contributed by atoms with E-state index in [9.17, 15) is 9.18 Å². The Kier molecular flexibility index (Phi) is 6.10. The molecule has 1 aliphatic carbocycles. The smallest absolute Gasteiger partial charge is 0.243 e. The first-order valence-electron chi connectivity index (χ1n) is 8.43. The van der Waals surface area contributed by atoms with Gasteiger partial charge in [-0.1, -0.05) is 12.6 Å². The third-order valence-electron chi connectivity index (χ3n) is 4.18. The number of nitrogens with zero attached hydrogens (tertiary/aromatic N) is 4. The lowest BCUT2D eigenvalue weighted by atomic mass is 10.1. The average Bonchev–Trinajstić information content (AvgIpc) is 3.34. The van der Waals surface area contributed by atoms with Crippen LogP contribution in [-0.4, -0.2) is 39.2 Å². The molecule has 0 saturated heterocycles. The molecule has 1 aromatic carbocycles. The molecule has 2 N–H and O–H groups in total. The van der Waals surface area contributed by atoms with E-state index in [1.165, 1.54) is 25.0 Å². The first-order valence-corrected chi connectivity index (χ1v) is 9.22. The van der Waals surface area contributed by atoms with Crippen molar-refractivity contribution in [3.8, 4) is 0 Å². The lowest BCUT2D eigenvalue weighted by Crippen LogP contribution is -2.34. The van der Waals surface area contributed by atoms with E-state index in [0.717, 1.165) is 12.1 Å². The molecule has 1 heterocycles. The van der Waals surface area contributed by atoms with Gasteiger partial charge in [-0.25, -0.2) is 9.07 Å². The van der Waals surface area contributed by atoms with E-state index in [0.29, 0.717) is 29.3 Å². The summed E-state index contributed by atoms with van der Waals surface area (Å²) in [6.45, 7) is 5.12. The molecule has 1 aliphatic rings. The van der Waals surface area contributed by atoms with Crippen LogP contribution >= 0.6 is 15.9 Å². The molecule has 1 amide bonds. The van der Waals surface area contributed by atoms with E-state index in [4.69, 9.17) is 0 Å². The molecule has 1 unspecified atom stereocenters. The van der Waals surface area contributed by atoms with Gasteiger partial charge in [0.15, 0.2) is 5.82 Å². The molecule has 9 heteroatoms. The third-order valence-corrected chi connectivity index (χ3v) is 4.79. The largest absolute Gasteiger partial charge is 0.351 e. The van der Waals surface area contributed by atoms with Gasteiger partial charge in [0, 0.05) is 19.6 Å². The van der Waals surface area contributed by atoms with E-state index in [-0.39, 0.29) is 17.8 Å². The van der Waals surface area contributed by atoms with Crippen molar-refractivity contribution >= 4 is 21.8 Å². The number of carbonyl (C=O) groups excluding carboxylic acids is 1. The van der Waals surface area contributed by atoms with Crippen molar-refractivity contribution in [2.75, 3.05) is 13.1 Å². The lowest BCUT2D eigenvalue weighted by molar-refractivity contribution is -0.116. The van der Waals surface area contributed by atoms with E-state index in [1.54, 1.807) is 16.8 Å². The summed E-state index contributed by atoms with van der Waals surface area (Å²) in [5, 5.41) is 18.2. The Morgan fingerprint density at radius 1 is 1.46 bits per heavy atom. The van der Waals surface area contributed by atoms with Gasteiger partial charge in [-0.3, -0.25) is 4.79 Å². The van der Waals surface area contributed by atoms with Crippen molar-refractivity contribution < 1.29 is 9.18 Å². The van der Waals surface area contributed by atoms with Crippen molar-refractivity contribution in [1.29, 1.82) is 0 Å². The fourth-order valence-corrected chi connectivity index (χ4v) is 3.01. The zero-order valence-electron chi connectivity index (χ0n) is 14.2. The second-order valence-corrected chi connectivity index (χ2v) is 7.07. The number of nitrogens with one attached hydrogen (secondary N) is 2. The summed E-state index contributed by atoms with van der Waals surface area (Å²) in [4.78, 5) is 11.3. The Labute approximate surface area is 159 Å². The Bertz CT molecular complexity index is 791. The first kappa shape index (κ1) is 18.7. The van der Waals surface area contributed by atoms with E-state index in [1.807, 2.05) is 0 Å². The summed E-state index contributed by atoms with van der Waals surface area (Å²) in [5.41, 5.74) is 0.833. The second kappa shape index (κ2) is 8.50. The monoisotopic (exact) mass is 422 g/mol. The number of hydrogen-bond donors (Lipinski definition) is 2. The predicted octanol–water partition coefficient (Wildman–Crippen LogP) is 1.97. The van der Waals surface area contributed by atoms with Gasteiger partial charge in [-0.2, -0.15) is 0 Å². The Balaban J connectivity index is 1.78. The first-order chi connectivity index (χ1) is 12.6. The highest BCUT2D eigenvalue weighted by Crippen LogP contribution is 2.32. The predicted molar refractivity (Wildman–Crippen MR) is 97.7 cm³/mol. The molecule has 1 saturated carbocycles. The van der Waals surface area contributed by atoms with Crippen LogP contribution in [0.5, 0.6) is 0 Å². The maximum Gasteiger partial charge on any atom is 0.243 e. The van der Waals surface area contributed by atoms with Gasteiger partial charge >= 0.3 is 0 Å². The fraction of sp³-hybridized carbons (Fsp3) is 0.412. The van der Waals surface area contributed by atoms with Crippen LogP contribution in [0.3, 0.4) is 0 Å². The summed E-state index contributed by atoms with van der Waals surface area (Å²) in [5.74, 6) is 0.727. The summed E-state index contributed by atoms with van der Waals surface area (Å²) < 4.78 is 15.8. The number of benzene rings is 1. The van der Waals surface area contributed by atoms with Crippen LogP contribution in [0.25, 0.3) is 0 Å². The normalized spacial score (nSPS) is 14.8.